The van der Waals surface area contributed by atoms with Gasteiger partial charge in [-0.2, -0.15) is 13.2 Å². The Bertz CT molecular complexity index is 2310. The van der Waals surface area contributed by atoms with Crippen molar-refractivity contribution >= 4 is 73.5 Å². The largest absolute Gasteiger partial charge is 0.506 e. The standard InChI is InChI=1S/C33H24ClF3N4O7/c1-46-27-17-5-3-4-6-22(17)48-28(27)30(43)38-16-7-8-18-14(9-16)10-19(39-18)31(44)41-13-15(12-34)23-20(41)11-21(42)26-24(23)25(32(45)47-2)29(40-26)33(35,36)37/h3-11,15,39-40,42H,12-13H2,1-2H3,(H,38,43)/t15-/m1/s1. The van der Waals surface area contributed by atoms with Gasteiger partial charge in [-0.25, -0.2) is 4.79 Å². The number of aromatic amines is 2. The number of benzene rings is 3. The molecule has 1 aliphatic rings. The lowest BCUT2D eigenvalue weighted by Crippen LogP contribution is -2.30. The summed E-state index contributed by atoms with van der Waals surface area (Å²) >= 11 is 6.26. The second-order valence-corrected chi connectivity index (χ2v) is 11.4. The number of rotatable bonds is 6. The van der Waals surface area contributed by atoms with Gasteiger partial charge in [0.15, 0.2) is 5.75 Å². The number of halogens is 4. The molecule has 0 spiro atoms. The minimum atomic E-state index is -4.98. The number of amides is 2. The van der Waals surface area contributed by atoms with Crippen LogP contribution in [-0.2, 0) is 10.9 Å². The molecular weight excluding hydrogens is 657 g/mol. The van der Waals surface area contributed by atoms with Crippen LogP contribution in [0.1, 0.15) is 48.6 Å². The van der Waals surface area contributed by atoms with E-state index < -0.39 is 46.9 Å². The van der Waals surface area contributed by atoms with E-state index in [9.17, 15) is 32.7 Å². The number of phenols is 1. The molecule has 0 saturated carbocycles. The van der Waals surface area contributed by atoms with Crippen LogP contribution in [0.2, 0.25) is 0 Å². The van der Waals surface area contributed by atoms with Crippen molar-refractivity contribution in [2.45, 2.75) is 12.1 Å². The minimum Gasteiger partial charge on any atom is -0.506 e. The number of nitrogens with zero attached hydrogens (tertiary/aromatic N) is 1. The molecule has 1 aliphatic heterocycles. The highest BCUT2D eigenvalue weighted by Crippen LogP contribution is 2.49. The number of methoxy groups -OCH3 is 2. The lowest BCUT2D eigenvalue weighted by molar-refractivity contribution is -0.141. The van der Waals surface area contributed by atoms with Gasteiger partial charge in [0, 0.05) is 46.4 Å². The Morgan fingerprint density at radius 1 is 1.10 bits per heavy atom. The zero-order valence-corrected chi connectivity index (χ0v) is 25.8. The molecular formula is C33H24ClF3N4O7. The maximum atomic E-state index is 14.0. The first-order chi connectivity index (χ1) is 22.9. The molecule has 4 N–H and O–H groups in total. The molecule has 11 nitrogen and oxygen atoms in total. The number of phenolic OH excluding ortho intramolecular Hbond substituents is 1. The van der Waals surface area contributed by atoms with Gasteiger partial charge in [0.1, 0.15) is 22.7 Å². The number of H-pyrrole nitrogens is 2. The van der Waals surface area contributed by atoms with Gasteiger partial charge in [-0.05, 0) is 42.0 Å². The molecule has 3 aromatic carbocycles. The van der Waals surface area contributed by atoms with Crippen LogP contribution in [0.25, 0.3) is 32.8 Å². The molecule has 0 bridgehead atoms. The van der Waals surface area contributed by atoms with E-state index in [4.69, 9.17) is 20.8 Å². The van der Waals surface area contributed by atoms with E-state index in [1.54, 1.807) is 48.5 Å². The van der Waals surface area contributed by atoms with E-state index in [2.05, 4.69) is 20.0 Å². The molecule has 15 heteroatoms. The van der Waals surface area contributed by atoms with E-state index in [0.717, 1.165) is 7.11 Å². The Hall–Kier alpha value is -5.63. The van der Waals surface area contributed by atoms with Gasteiger partial charge in [0.25, 0.3) is 11.8 Å². The fraction of sp³-hybridized carbons (Fsp3) is 0.182. The summed E-state index contributed by atoms with van der Waals surface area (Å²) in [6.45, 7) is -0.0423. The van der Waals surface area contributed by atoms with Gasteiger partial charge in [0.05, 0.1) is 36.4 Å². The maximum Gasteiger partial charge on any atom is 0.432 e. The molecule has 2 amide bonds. The van der Waals surface area contributed by atoms with Crippen molar-refractivity contribution in [2.24, 2.45) is 0 Å². The average molecular weight is 681 g/mol. The smallest absolute Gasteiger partial charge is 0.432 e. The van der Waals surface area contributed by atoms with Crippen LogP contribution in [-0.4, -0.2) is 59.5 Å². The Labute approximate surface area is 273 Å². The molecule has 0 saturated heterocycles. The molecule has 246 valence electrons. The molecule has 1 atom stereocenters. The molecule has 0 unspecified atom stereocenters. The number of anilines is 2. The van der Waals surface area contributed by atoms with Crippen LogP contribution in [0.5, 0.6) is 11.5 Å². The number of carbonyl (C=O) groups is 3. The summed E-state index contributed by atoms with van der Waals surface area (Å²) in [4.78, 5) is 46.2. The van der Waals surface area contributed by atoms with Crippen LogP contribution in [0.15, 0.2) is 59.0 Å². The summed E-state index contributed by atoms with van der Waals surface area (Å²) in [5, 5.41) is 14.6. The number of alkyl halides is 4. The number of fused-ring (bicyclic) bond motifs is 5. The Morgan fingerprint density at radius 2 is 1.88 bits per heavy atom. The van der Waals surface area contributed by atoms with Crippen molar-refractivity contribution in [3.63, 3.8) is 0 Å². The number of ether oxygens (including phenoxy) is 2. The summed E-state index contributed by atoms with van der Waals surface area (Å²) in [5.74, 6) is -3.49. The first kappa shape index (κ1) is 31.0. The van der Waals surface area contributed by atoms with E-state index in [1.165, 1.54) is 18.1 Å². The quantitative estimate of drug-likeness (QED) is 0.108. The molecule has 48 heavy (non-hydrogen) atoms. The SMILES string of the molecule is COC(=O)c1c(C(F)(F)F)[nH]c2c(O)cc3c(c12)[C@H](CCl)CN3C(=O)c1cc2cc(NC(=O)c3oc4ccccc4c3OC)ccc2[nH]1. The molecule has 3 aromatic heterocycles. The first-order valence-electron chi connectivity index (χ1n) is 14.4. The van der Waals surface area contributed by atoms with E-state index in [-0.39, 0.29) is 51.8 Å². The van der Waals surface area contributed by atoms with Gasteiger partial charge >= 0.3 is 12.1 Å². The normalized spacial score (nSPS) is 14.5. The Balaban J connectivity index is 1.24. The monoisotopic (exact) mass is 680 g/mol. The van der Waals surface area contributed by atoms with E-state index >= 15 is 0 Å². The molecule has 0 aliphatic carbocycles. The Kier molecular flexibility index (Phi) is 7.27. The van der Waals surface area contributed by atoms with Gasteiger partial charge in [0.2, 0.25) is 5.76 Å². The first-order valence-corrected chi connectivity index (χ1v) is 14.9. The summed E-state index contributed by atoms with van der Waals surface area (Å²) in [5.41, 5.74) is -0.676. The summed E-state index contributed by atoms with van der Waals surface area (Å²) < 4.78 is 57.8. The third kappa shape index (κ3) is 4.78. The van der Waals surface area contributed by atoms with Crippen molar-refractivity contribution in [3.05, 3.63) is 82.9 Å². The number of nitrogens with one attached hydrogen (secondary N) is 3. The van der Waals surface area contributed by atoms with Gasteiger partial charge in [-0.1, -0.05) is 12.1 Å². The molecule has 0 radical (unpaired) electrons. The third-order valence-corrected chi connectivity index (χ3v) is 8.72. The molecule has 0 fully saturated rings. The second-order valence-electron chi connectivity index (χ2n) is 11.1. The number of aromatic nitrogens is 2. The van der Waals surface area contributed by atoms with Crippen LogP contribution >= 0.6 is 11.6 Å². The molecule has 7 rings (SSSR count). The van der Waals surface area contributed by atoms with E-state index in [0.29, 0.717) is 27.6 Å². The average Bonchev–Trinajstić information content (AvgIpc) is 3.84. The number of furan rings is 1. The fourth-order valence-corrected chi connectivity index (χ4v) is 6.54. The minimum absolute atomic E-state index is 0.0113. The molecule has 4 heterocycles. The number of hydrogen-bond acceptors (Lipinski definition) is 7. The van der Waals surface area contributed by atoms with Gasteiger partial charge in [-0.3, -0.25) is 9.59 Å². The zero-order chi connectivity index (χ0) is 34.1. The third-order valence-electron chi connectivity index (χ3n) is 8.35. The van der Waals surface area contributed by atoms with Crippen molar-refractivity contribution in [1.82, 2.24) is 9.97 Å². The number of aromatic hydroxyl groups is 1. The van der Waals surface area contributed by atoms with E-state index in [1.807, 2.05) is 0 Å². The zero-order valence-electron chi connectivity index (χ0n) is 25.0. The molecule has 6 aromatic rings. The van der Waals surface area contributed by atoms with Gasteiger partial charge in [-0.15, -0.1) is 11.6 Å². The topological polar surface area (TPSA) is 150 Å². The van der Waals surface area contributed by atoms with Crippen molar-refractivity contribution in [1.29, 1.82) is 0 Å². The number of carbonyl (C=O) groups excluding carboxylic acids is 3. The fourth-order valence-electron chi connectivity index (χ4n) is 6.29. The van der Waals surface area contributed by atoms with Crippen molar-refractivity contribution < 1.29 is 46.6 Å². The summed E-state index contributed by atoms with van der Waals surface area (Å²) in [7, 11) is 2.38. The Morgan fingerprint density at radius 3 is 2.58 bits per heavy atom. The van der Waals surface area contributed by atoms with Crippen LogP contribution in [0.3, 0.4) is 0 Å². The predicted octanol–water partition coefficient (Wildman–Crippen LogP) is 7.15. The predicted molar refractivity (Wildman–Crippen MR) is 170 cm³/mol. The number of esters is 1. The highest BCUT2D eigenvalue weighted by Gasteiger charge is 2.43. The van der Waals surface area contributed by atoms with Crippen LogP contribution in [0.4, 0.5) is 24.5 Å². The lowest BCUT2D eigenvalue weighted by atomic mass is 9.95. The lowest BCUT2D eigenvalue weighted by Gasteiger charge is -2.17. The van der Waals surface area contributed by atoms with Crippen LogP contribution < -0.4 is 15.0 Å². The van der Waals surface area contributed by atoms with Crippen LogP contribution in [0, 0.1) is 0 Å². The highest BCUT2D eigenvalue weighted by atomic mass is 35.5. The number of para-hydroxylation sites is 1. The van der Waals surface area contributed by atoms with Crippen molar-refractivity contribution in [2.75, 3.05) is 36.9 Å². The van der Waals surface area contributed by atoms with Gasteiger partial charge < -0.3 is 39.2 Å². The highest BCUT2D eigenvalue weighted by molar-refractivity contribution is 6.20. The summed E-state index contributed by atoms with van der Waals surface area (Å²) in [6, 6.07) is 14.7. The maximum absolute atomic E-state index is 14.0. The van der Waals surface area contributed by atoms with Crippen molar-refractivity contribution in [3.8, 4) is 11.5 Å². The number of hydrogen-bond donors (Lipinski definition) is 4. The second kappa shape index (κ2) is 11.3. The summed E-state index contributed by atoms with van der Waals surface area (Å²) in [6.07, 6.45) is -4.98.